The quantitative estimate of drug-likeness (QED) is 0.275. The molecule has 3 heterocycles. The van der Waals surface area contributed by atoms with Gasteiger partial charge in [-0.25, -0.2) is 9.97 Å². The summed E-state index contributed by atoms with van der Waals surface area (Å²) in [6.07, 6.45) is 3.37. The molecule has 0 saturated carbocycles. The third kappa shape index (κ3) is 4.35. The van der Waals surface area contributed by atoms with Gasteiger partial charge >= 0.3 is 0 Å². The maximum atomic E-state index is 12.8. The van der Waals surface area contributed by atoms with Crippen molar-refractivity contribution < 1.29 is 4.79 Å². The summed E-state index contributed by atoms with van der Waals surface area (Å²) in [6, 6.07) is 26.5. The topological polar surface area (TPSA) is 108 Å². The molecule has 0 saturated heterocycles. The van der Waals surface area contributed by atoms with Gasteiger partial charge in [0.25, 0.3) is 5.91 Å². The normalized spacial score (nSPS) is 10.7. The van der Waals surface area contributed by atoms with Crippen LogP contribution in [0.1, 0.15) is 17.9 Å². The molecule has 0 atom stereocenters. The molecule has 6 aromatic rings. The second kappa shape index (κ2) is 9.63. The third-order valence-electron chi connectivity index (χ3n) is 5.62. The van der Waals surface area contributed by atoms with Crippen LogP contribution < -0.4 is 10.6 Å². The van der Waals surface area contributed by atoms with Crippen LogP contribution in [0.4, 0.5) is 17.2 Å². The first-order valence-electron chi connectivity index (χ1n) is 11.0. The van der Waals surface area contributed by atoms with Gasteiger partial charge in [-0.15, -0.1) is 0 Å². The molecule has 8 heteroatoms. The monoisotopic (exact) mass is 473 g/mol. The zero-order valence-corrected chi connectivity index (χ0v) is 18.4. The lowest BCUT2D eigenvalue weighted by Gasteiger charge is -2.14. The Balaban J connectivity index is 0.00000267. The maximum Gasteiger partial charge on any atom is 0.274 e. The largest absolute Gasteiger partial charge is 0.340 e. The number of para-hydroxylation sites is 2. The molecule has 0 aliphatic rings. The molecule has 3 aromatic carbocycles. The summed E-state index contributed by atoms with van der Waals surface area (Å²) in [6.45, 7) is 0. The molecular formula is C28H23N7O. The van der Waals surface area contributed by atoms with E-state index in [1.54, 1.807) is 30.6 Å². The molecule has 36 heavy (non-hydrogen) atoms. The number of amides is 1. The highest BCUT2D eigenvalue weighted by atomic mass is 16.1. The van der Waals surface area contributed by atoms with Crippen LogP contribution >= 0.6 is 0 Å². The maximum absolute atomic E-state index is 12.8. The third-order valence-corrected chi connectivity index (χ3v) is 5.62. The van der Waals surface area contributed by atoms with Crippen molar-refractivity contribution >= 4 is 44.9 Å². The van der Waals surface area contributed by atoms with E-state index in [9.17, 15) is 4.79 Å². The van der Waals surface area contributed by atoms with Crippen LogP contribution in [0.15, 0.2) is 97.3 Å². The Hall–Kier alpha value is -5.11. The van der Waals surface area contributed by atoms with E-state index in [2.05, 4.69) is 25.8 Å². The molecule has 3 N–H and O–H groups in total. The summed E-state index contributed by atoms with van der Waals surface area (Å²) in [4.78, 5) is 26.6. The van der Waals surface area contributed by atoms with E-state index in [0.29, 0.717) is 28.6 Å². The van der Waals surface area contributed by atoms with Crippen molar-refractivity contribution in [3.63, 3.8) is 0 Å². The van der Waals surface area contributed by atoms with Crippen LogP contribution in [0.25, 0.3) is 33.2 Å². The summed E-state index contributed by atoms with van der Waals surface area (Å²) in [7, 11) is 0. The van der Waals surface area contributed by atoms with Gasteiger partial charge in [0, 0.05) is 28.2 Å². The molecule has 0 fully saturated rings. The number of hydrogen-bond donors (Lipinski definition) is 3. The lowest BCUT2D eigenvalue weighted by molar-refractivity contribution is 0.102. The van der Waals surface area contributed by atoms with Gasteiger partial charge in [0.05, 0.1) is 22.9 Å². The number of nitrogens with one attached hydrogen (secondary N) is 3. The number of benzene rings is 3. The SMILES string of the molecule is C.O=C(Nc1ccccc1-c1nc(Nc2ccc3[nH]ncc3c2)c2ccccc2n1)c1ccccn1. The number of H-pyrrole nitrogens is 1. The van der Waals surface area contributed by atoms with E-state index in [1.807, 2.05) is 66.7 Å². The van der Waals surface area contributed by atoms with Crippen LogP contribution in [-0.2, 0) is 0 Å². The Morgan fingerprint density at radius 1 is 0.861 bits per heavy atom. The number of fused-ring (bicyclic) bond motifs is 2. The summed E-state index contributed by atoms with van der Waals surface area (Å²) in [5.41, 5.74) is 4.26. The Kier molecular flexibility index (Phi) is 6.07. The average molecular weight is 474 g/mol. The van der Waals surface area contributed by atoms with E-state index in [4.69, 9.17) is 9.97 Å². The van der Waals surface area contributed by atoms with Gasteiger partial charge in [-0.3, -0.25) is 14.9 Å². The number of anilines is 3. The van der Waals surface area contributed by atoms with Crippen LogP contribution in [0, 0.1) is 0 Å². The first-order valence-corrected chi connectivity index (χ1v) is 11.0. The minimum absolute atomic E-state index is 0. The highest BCUT2D eigenvalue weighted by molar-refractivity contribution is 6.05. The Labute approximate surface area is 207 Å². The number of rotatable bonds is 5. The molecule has 176 valence electrons. The molecule has 0 bridgehead atoms. The number of carbonyl (C=O) groups is 1. The van der Waals surface area contributed by atoms with Gasteiger partial charge in [0.2, 0.25) is 0 Å². The molecule has 0 unspecified atom stereocenters. The number of aromatic nitrogens is 5. The van der Waals surface area contributed by atoms with Crippen molar-refractivity contribution in [2.45, 2.75) is 7.43 Å². The summed E-state index contributed by atoms with van der Waals surface area (Å²) in [5, 5.41) is 15.3. The van der Waals surface area contributed by atoms with Crippen LogP contribution in [0.3, 0.4) is 0 Å². The smallest absolute Gasteiger partial charge is 0.274 e. The first-order chi connectivity index (χ1) is 17.2. The van der Waals surface area contributed by atoms with Crippen molar-refractivity contribution in [2.24, 2.45) is 0 Å². The van der Waals surface area contributed by atoms with E-state index in [-0.39, 0.29) is 13.3 Å². The number of hydrogen-bond acceptors (Lipinski definition) is 6. The molecule has 6 rings (SSSR count). The van der Waals surface area contributed by atoms with E-state index in [1.165, 1.54) is 0 Å². The minimum Gasteiger partial charge on any atom is -0.340 e. The summed E-state index contributed by atoms with van der Waals surface area (Å²) in [5.74, 6) is 0.859. The highest BCUT2D eigenvalue weighted by Crippen LogP contribution is 2.31. The van der Waals surface area contributed by atoms with Crippen LogP contribution in [0.5, 0.6) is 0 Å². The van der Waals surface area contributed by atoms with E-state index in [0.717, 1.165) is 27.5 Å². The summed E-state index contributed by atoms with van der Waals surface area (Å²) >= 11 is 0. The van der Waals surface area contributed by atoms with Crippen LogP contribution in [0.2, 0.25) is 0 Å². The van der Waals surface area contributed by atoms with Gasteiger partial charge in [0.1, 0.15) is 11.5 Å². The number of pyridine rings is 1. The fourth-order valence-corrected chi connectivity index (χ4v) is 3.92. The Bertz CT molecular complexity index is 1680. The molecule has 0 aliphatic heterocycles. The van der Waals surface area contributed by atoms with Gasteiger partial charge in [-0.1, -0.05) is 37.8 Å². The van der Waals surface area contributed by atoms with Crippen molar-refractivity contribution in [3.05, 3.63) is 103 Å². The molecular weight excluding hydrogens is 450 g/mol. The predicted octanol–water partition coefficient (Wildman–Crippen LogP) is 6.20. The molecule has 0 radical (unpaired) electrons. The Morgan fingerprint density at radius 2 is 1.69 bits per heavy atom. The van der Waals surface area contributed by atoms with Crippen molar-refractivity contribution in [3.8, 4) is 11.4 Å². The minimum atomic E-state index is -0.300. The lowest BCUT2D eigenvalue weighted by Crippen LogP contribution is -2.14. The van der Waals surface area contributed by atoms with Gasteiger partial charge < -0.3 is 10.6 Å². The molecule has 1 amide bonds. The van der Waals surface area contributed by atoms with Gasteiger partial charge in [0.15, 0.2) is 5.82 Å². The van der Waals surface area contributed by atoms with Gasteiger partial charge in [-0.05, 0) is 54.6 Å². The average Bonchev–Trinajstić information content (AvgIpc) is 3.37. The molecule has 0 aliphatic carbocycles. The second-order valence-electron chi connectivity index (χ2n) is 7.92. The molecule has 0 spiro atoms. The zero-order chi connectivity index (χ0) is 23.6. The second-order valence-corrected chi connectivity index (χ2v) is 7.92. The standard InChI is InChI=1S/C27H19N7O.CH4/c35-27(24-11-5-6-14-28-24)32-23-10-4-2-8-20(23)26-31-22-9-3-1-7-19(22)25(33-26)30-18-12-13-21-17(15-18)16-29-34-21;/h1-16H,(H,29,34)(H,32,35)(H,30,31,33);1H4. The van der Waals surface area contributed by atoms with E-state index < -0.39 is 0 Å². The van der Waals surface area contributed by atoms with Crippen LogP contribution in [-0.4, -0.2) is 31.1 Å². The Morgan fingerprint density at radius 3 is 2.58 bits per heavy atom. The number of nitrogens with zero attached hydrogens (tertiary/aromatic N) is 4. The molecule has 8 nitrogen and oxygen atoms in total. The zero-order valence-electron chi connectivity index (χ0n) is 18.4. The van der Waals surface area contributed by atoms with Crippen molar-refractivity contribution in [2.75, 3.05) is 10.6 Å². The molecule has 3 aromatic heterocycles. The summed E-state index contributed by atoms with van der Waals surface area (Å²) < 4.78 is 0. The first kappa shape index (κ1) is 22.7. The van der Waals surface area contributed by atoms with Crippen molar-refractivity contribution in [1.29, 1.82) is 0 Å². The fraction of sp³-hybridized carbons (Fsp3) is 0.0357. The predicted molar refractivity (Wildman–Crippen MR) is 143 cm³/mol. The number of aromatic amines is 1. The van der Waals surface area contributed by atoms with Gasteiger partial charge in [-0.2, -0.15) is 5.10 Å². The lowest BCUT2D eigenvalue weighted by atomic mass is 10.1. The van der Waals surface area contributed by atoms with E-state index >= 15 is 0 Å². The fourth-order valence-electron chi connectivity index (χ4n) is 3.92. The number of carbonyl (C=O) groups excluding carboxylic acids is 1. The van der Waals surface area contributed by atoms with Crippen molar-refractivity contribution in [1.82, 2.24) is 25.1 Å². The highest BCUT2D eigenvalue weighted by Gasteiger charge is 2.15.